The Balaban J connectivity index is 2.33. The van der Waals surface area contributed by atoms with Crippen LogP contribution in [0.5, 0.6) is 0 Å². The standard InChI is InChI=1S/C13H8ClNO4/c1-5-7(13(14)18)8-11(17)9-6(3-2-4-15-9)10(16)12(8)19-5/h2-4,10,16H,1H3. The van der Waals surface area contributed by atoms with Crippen molar-refractivity contribution in [2.45, 2.75) is 13.0 Å². The van der Waals surface area contributed by atoms with E-state index in [0.29, 0.717) is 5.56 Å². The first-order chi connectivity index (χ1) is 9.02. The van der Waals surface area contributed by atoms with Gasteiger partial charge in [0.15, 0.2) is 0 Å². The molecule has 0 aliphatic heterocycles. The van der Waals surface area contributed by atoms with E-state index in [4.69, 9.17) is 16.0 Å². The van der Waals surface area contributed by atoms with Gasteiger partial charge in [0.2, 0.25) is 5.78 Å². The minimum Gasteiger partial charge on any atom is -0.462 e. The first kappa shape index (κ1) is 12.1. The highest BCUT2D eigenvalue weighted by Gasteiger charge is 2.38. The minimum absolute atomic E-state index is 0.00276. The predicted octanol–water partition coefficient (Wildman–Crippen LogP) is 1.99. The number of rotatable bonds is 1. The van der Waals surface area contributed by atoms with Crippen molar-refractivity contribution in [3.63, 3.8) is 0 Å². The summed E-state index contributed by atoms with van der Waals surface area (Å²) in [5, 5.41) is 9.42. The van der Waals surface area contributed by atoms with Crippen LogP contribution in [-0.2, 0) is 0 Å². The number of aryl methyl sites for hydroxylation is 1. The first-order valence-electron chi connectivity index (χ1n) is 5.53. The second-order valence-corrected chi connectivity index (χ2v) is 4.56. The lowest BCUT2D eigenvalue weighted by Gasteiger charge is -2.18. The zero-order valence-electron chi connectivity index (χ0n) is 9.81. The van der Waals surface area contributed by atoms with Crippen LogP contribution in [0.2, 0.25) is 0 Å². The van der Waals surface area contributed by atoms with E-state index >= 15 is 0 Å². The number of nitrogens with zero attached hydrogens (tertiary/aromatic N) is 1. The molecular formula is C13H8ClNO4. The highest BCUT2D eigenvalue weighted by atomic mass is 35.5. The molecule has 0 fully saturated rings. The molecule has 2 aromatic rings. The molecule has 96 valence electrons. The molecule has 0 saturated heterocycles. The van der Waals surface area contributed by atoms with Crippen molar-refractivity contribution >= 4 is 22.6 Å². The van der Waals surface area contributed by atoms with E-state index in [9.17, 15) is 14.7 Å². The van der Waals surface area contributed by atoms with Crippen LogP contribution in [0.4, 0.5) is 0 Å². The topological polar surface area (TPSA) is 80.4 Å². The zero-order valence-corrected chi connectivity index (χ0v) is 10.6. The van der Waals surface area contributed by atoms with Crippen molar-refractivity contribution in [3.05, 3.63) is 52.2 Å². The lowest BCUT2D eigenvalue weighted by atomic mass is 9.89. The van der Waals surface area contributed by atoms with Gasteiger partial charge in [-0.05, 0) is 24.6 Å². The molecule has 19 heavy (non-hydrogen) atoms. The third-order valence-electron chi connectivity index (χ3n) is 3.13. The zero-order chi connectivity index (χ0) is 13.7. The van der Waals surface area contributed by atoms with Crippen LogP contribution >= 0.6 is 11.6 Å². The molecule has 0 amide bonds. The molecule has 1 aliphatic rings. The van der Waals surface area contributed by atoms with Crippen molar-refractivity contribution in [2.24, 2.45) is 0 Å². The number of carbonyl (C=O) groups is 2. The maximum Gasteiger partial charge on any atom is 0.256 e. The molecule has 1 unspecified atom stereocenters. The number of furan rings is 1. The smallest absolute Gasteiger partial charge is 0.256 e. The second-order valence-electron chi connectivity index (χ2n) is 4.22. The van der Waals surface area contributed by atoms with E-state index in [1.807, 2.05) is 0 Å². The van der Waals surface area contributed by atoms with E-state index in [2.05, 4.69) is 4.98 Å². The van der Waals surface area contributed by atoms with E-state index in [-0.39, 0.29) is 28.3 Å². The number of halogens is 1. The van der Waals surface area contributed by atoms with Gasteiger partial charge in [-0.15, -0.1) is 0 Å². The van der Waals surface area contributed by atoms with Crippen molar-refractivity contribution in [1.29, 1.82) is 0 Å². The van der Waals surface area contributed by atoms with Gasteiger partial charge in [0, 0.05) is 11.8 Å². The fourth-order valence-electron chi connectivity index (χ4n) is 2.31. The highest BCUT2D eigenvalue weighted by molar-refractivity contribution is 6.68. The van der Waals surface area contributed by atoms with Crippen LogP contribution in [0.25, 0.3) is 0 Å². The molecule has 0 radical (unpaired) electrons. The fraction of sp³-hybridized carbons (Fsp3) is 0.154. The summed E-state index contributed by atoms with van der Waals surface area (Å²) < 4.78 is 5.33. The first-order valence-corrected chi connectivity index (χ1v) is 5.91. The van der Waals surface area contributed by atoms with Crippen LogP contribution in [-0.4, -0.2) is 21.1 Å². The Morgan fingerprint density at radius 2 is 2.26 bits per heavy atom. The van der Waals surface area contributed by atoms with Crippen molar-refractivity contribution in [2.75, 3.05) is 0 Å². The summed E-state index contributed by atoms with van der Waals surface area (Å²) >= 11 is 5.47. The van der Waals surface area contributed by atoms with E-state index in [0.717, 1.165) is 0 Å². The van der Waals surface area contributed by atoms with Gasteiger partial charge in [-0.2, -0.15) is 0 Å². The lowest BCUT2D eigenvalue weighted by Crippen LogP contribution is -2.20. The number of ketones is 1. The van der Waals surface area contributed by atoms with E-state index < -0.39 is 17.1 Å². The average molecular weight is 278 g/mol. The molecule has 0 spiro atoms. The Morgan fingerprint density at radius 3 is 2.95 bits per heavy atom. The molecule has 1 aliphatic carbocycles. The molecular weight excluding hydrogens is 270 g/mol. The molecule has 2 aromatic heterocycles. The lowest BCUT2D eigenvalue weighted by molar-refractivity contribution is 0.0990. The Bertz CT molecular complexity index is 719. The SMILES string of the molecule is Cc1oc2c(c1C(=O)Cl)C(=O)c1ncccc1C2O. The number of pyridine rings is 1. The number of aliphatic hydroxyl groups is 1. The molecule has 0 saturated carbocycles. The van der Waals surface area contributed by atoms with Crippen LogP contribution in [0.1, 0.15) is 49.6 Å². The largest absolute Gasteiger partial charge is 0.462 e. The predicted molar refractivity (Wildman–Crippen MR) is 65.4 cm³/mol. The van der Waals surface area contributed by atoms with Crippen LogP contribution in [0, 0.1) is 6.92 Å². The molecule has 1 atom stereocenters. The van der Waals surface area contributed by atoms with Gasteiger partial charge in [0.1, 0.15) is 23.3 Å². The third-order valence-corrected chi connectivity index (χ3v) is 3.32. The van der Waals surface area contributed by atoms with Crippen LogP contribution in [0.15, 0.2) is 22.7 Å². The minimum atomic E-state index is -1.13. The number of fused-ring (bicyclic) bond motifs is 2. The summed E-state index contributed by atoms with van der Waals surface area (Å²) in [5.41, 5.74) is 0.484. The van der Waals surface area contributed by atoms with Gasteiger partial charge in [0.05, 0.1) is 11.1 Å². The van der Waals surface area contributed by atoms with Crippen LogP contribution < -0.4 is 0 Å². The Kier molecular flexibility index (Phi) is 2.55. The Morgan fingerprint density at radius 1 is 1.53 bits per heavy atom. The summed E-state index contributed by atoms with van der Waals surface area (Å²) in [6.45, 7) is 1.52. The van der Waals surface area contributed by atoms with Crippen molar-refractivity contribution < 1.29 is 19.1 Å². The van der Waals surface area contributed by atoms with Gasteiger partial charge in [0.25, 0.3) is 5.24 Å². The number of carbonyl (C=O) groups excluding carboxylic acids is 2. The molecule has 0 bridgehead atoms. The average Bonchev–Trinajstić information content (AvgIpc) is 2.74. The summed E-state index contributed by atoms with van der Waals surface area (Å²) in [7, 11) is 0. The van der Waals surface area contributed by atoms with E-state index in [1.54, 1.807) is 12.1 Å². The second kappa shape index (κ2) is 4.01. The summed E-state index contributed by atoms with van der Waals surface area (Å²) in [4.78, 5) is 27.7. The summed E-state index contributed by atoms with van der Waals surface area (Å²) in [6.07, 6.45) is 0.323. The normalized spacial score (nSPS) is 17.0. The third kappa shape index (κ3) is 1.55. The molecule has 0 aromatic carbocycles. The molecule has 2 heterocycles. The van der Waals surface area contributed by atoms with Gasteiger partial charge in [-0.25, -0.2) is 0 Å². The van der Waals surface area contributed by atoms with Gasteiger partial charge in [-0.3, -0.25) is 14.6 Å². The van der Waals surface area contributed by atoms with Gasteiger partial charge < -0.3 is 9.52 Å². The maximum absolute atomic E-state index is 12.3. The highest BCUT2D eigenvalue weighted by Crippen LogP contribution is 2.38. The molecule has 6 heteroatoms. The maximum atomic E-state index is 12.3. The number of hydrogen-bond acceptors (Lipinski definition) is 5. The quantitative estimate of drug-likeness (QED) is 0.806. The molecule has 1 N–H and O–H groups in total. The number of aromatic nitrogens is 1. The van der Waals surface area contributed by atoms with Crippen molar-refractivity contribution in [3.8, 4) is 0 Å². The van der Waals surface area contributed by atoms with E-state index in [1.165, 1.54) is 13.1 Å². The molecule has 3 rings (SSSR count). The number of hydrogen-bond donors (Lipinski definition) is 1. The number of aliphatic hydroxyl groups excluding tert-OH is 1. The fourth-order valence-corrected chi connectivity index (χ4v) is 2.54. The molecule has 5 nitrogen and oxygen atoms in total. The van der Waals surface area contributed by atoms with Crippen LogP contribution in [0.3, 0.4) is 0 Å². The summed E-state index contributed by atoms with van der Waals surface area (Å²) in [5.74, 6) is -0.200. The summed E-state index contributed by atoms with van der Waals surface area (Å²) in [6, 6.07) is 3.21. The monoisotopic (exact) mass is 277 g/mol. The van der Waals surface area contributed by atoms with Gasteiger partial charge >= 0.3 is 0 Å². The van der Waals surface area contributed by atoms with Gasteiger partial charge in [-0.1, -0.05) is 6.07 Å². The van der Waals surface area contributed by atoms with Crippen molar-refractivity contribution in [1.82, 2.24) is 4.98 Å². The Labute approximate surface area is 112 Å². The Hall–Kier alpha value is -1.98.